The van der Waals surface area contributed by atoms with E-state index in [1.165, 1.54) is 12.1 Å². The Hall–Kier alpha value is -2.84. The molecule has 3 rings (SSSR count). The summed E-state index contributed by atoms with van der Waals surface area (Å²) in [5.41, 5.74) is 2.41. The van der Waals surface area contributed by atoms with Crippen LogP contribution in [0.25, 0.3) is 0 Å². The lowest BCUT2D eigenvalue weighted by molar-refractivity contribution is -0.137. The van der Waals surface area contributed by atoms with E-state index in [4.69, 9.17) is 0 Å². The minimum absolute atomic E-state index is 0.113. The van der Waals surface area contributed by atoms with E-state index in [0.717, 1.165) is 61.4 Å². The van der Waals surface area contributed by atoms with Crippen LogP contribution >= 0.6 is 0 Å². The predicted molar refractivity (Wildman–Crippen MR) is 129 cm³/mol. The van der Waals surface area contributed by atoms with Gasteiger partial charge in [0, 0.05) is 31.7 Å². The summed E-state index contributed by atoms with van der Waals surface area (Å²) in [4.78, 5) is 14.7. The number of hydrogen-bond acceptors (Lipinski definition) is 3. The molecule has 0 aliphatic carbocycles. The molecule has 1 heterocycles. The first-order valence-corrected chi connectivity index (χ1v) is 12.0. The topological polar surface area (TPSA) is 44.4 Å². The van der Waals surface area contributed by atoms with Crippen LogP contribution in [0.2, 0.25) is 0 Å². The number of rotatable bonds is 11. The molecule has 0 radical (unpaired) electrons. The van der Waals surface area contributed by atoms with Crippen LogP contribution in [0.3, 0.4) is 0 Å². The molecule has 9 heteroatoms. The molecule has 1 atom stereocenters. The van der Waals surface area contributed by atoms with Crippen molar-refractivity contribution in [2.24, 2.45) is 0 Å². The van der Waals surface area contributed by atoms with E-state index in [1.54, 1.807) is 0 Å². The minimum Gasteiger partial charge on any atom is -0.381 e. The molecule has 2 aromatic carbocycles. The van der Waals surface area contributed by atoms with Crippen molar-refractivity contribution in [3.05, 3.63) is 53.6 Å². The second-order valence-corrected chi connectivity index (χ2v) is 8.87. The van der Waals surface area contributed by atoms with Gasteiger partial charge in [-0.15, -0.1) is 0 Å². The minimum atomic E-state index is -4.36. The fraction of sp³-hybridized carbons (Fsp3) is 0.500. The third-order valence-electron chi connectivity index (χ3n) is 6.09. The molecule has 0 aromatic heterocycles. The number of carbonyl (C=O) groups excluding carboxylic acids is 1. The fourth-order valence-corrected chi connectivity index (χ4v) is 4.10. The Labute approximate surface area is 202 Å². The second kappa shape index (κ2) is 12.7. The van der Waals surface area contributed by atoms with Crippen molar-refractivity contribution in [2.75, 3.05) is 35.3 Å². The van der Waals surface area contributed by atoms with Crippen molar-refractivity contribution in [3.63, 3.8) is 0 Å². The van der Waals surface area contributed by atoms with Gasteiger partial charge in [0.1, 0.15) is 12.8 Å². The van der Waals surface area contributed by atoms with Gasteiger partial charge in [-0.3, -0.25) is 4.79 Å². The van der Waals surface area contributed by atoms with Crippen LogP contribution in [-0.2, 0) is 17.5 Å². The number of alkyl halides is 5. The van der Waals surface area contributed by atoms with E-state index in [0.29, 0.717) is 25.1 Å². The van der Waals surface area contributed by atoms with Crippen LogP contribution in [-0.4, -0.2) is 31.8 Å². The highest BCUT2D eigenvalue weighted by atomic mass is 19.4. The maximum absolute atomic E-state index is 13.0. The van der Waals surface area contributed by atoms with Gasteiger partial charge in [0.05, 0.1) is 16.9 Å². The first-order chi connectivity index (χ1) is 16.8. The number of carbonyl (C=O) groups is 1. The largest absolute Gasteiger partial charge is 0.416 e. The van der Waals surface area contributed by atoms with Crippen LogP contribution in [0.15, 0.2) is 42.5 Å². The molecule has 1 fully saturated rings. The third kappa shape index (κ3) is 8.40. The number of halogens is 5. The summed E-state index contributed by atoms with van der Waals surface area (Å²) >= 11 is 0. The molecule has 1 amide bonds. The molecule has 0 bridgehead atoms. The van der Waals surface area contributed by atoms with E-state index in [9.17, 15) is 26.7 Å². The zero-order valence-corrected chi connectivity index (χ0v) is 19.6. The van der Waals surface area contributed by atoms with E-state index in [2.05, 4.69) is 15.5 Å². The molecular weight excluding hydrogens is 465 g/mol. The molecular formula is C26H32F5N3O. The molecule has 0 spiro atoms. The highest BCUT2D eigenvalue weighted by Crippen LogP contribution is 2.33. The zero-order valence-electron chi connectivity index (χ0n) is 19.6. The Kier molecular flexibility index (Phi) is 9.74. The SMILES string of the molecule is O=C(CCCCC(F)CF)Nc1ccc(NCc2ccc(C(F)(F)F)cc2)cc1N1CCCCC1. The molecule has 2 N–H and O–H groups in total. The zero-order chi connectivity index (χ0) is 25.3. The Morgan fingerprint density at radius 2 is 1.71 bits per heavy atom. The highest BCUT2D eigenvalue weighted by Gasteiger charge is 2.29. The van der Waals surface area contributed by atoms with E-state index >= 15 is 0 Å². The summed E-state index contributed by atoms with van der Waals surface area (Å²) in [5.74, 6) is -0.177. The molecule has 1 saturated heterocycles. The second-order valence-electron chi connectivity index (χ2n) is 8.87. The number of benzene rings is 2. The Morgan fingerprint density at radius 1 is 1.00 bits per heavy atom. The van der Waals surface area contributed by atoms with Crippen molar-refractivity contribution in [1.82, 2.24) is 0 Å². The molecule has 35 heavy (non-hydrogen) atoms. The molecule has 192 valence electrons. The van der Waals surface area contributed by atoms with Gasteiger partial charge in [0.15, 0.2) is 0 Å². The van der Waals surface area contributed by atoms with E-state index in [1.807, 2.05) is 18.2 Å². The Bertz CT molecular complexity index is 943. The fourth-order valence-electron chi connectivity index (χ4n) is 4.10. The number of nitrogens with one attached hydrogen (secondary N) is 2. The number of amides is 1. The number of nitrogens with zero attached hydrogens (tertiary/aromatic N) is 1. The van der Waals surface area contributed by atoms with Crippen molar-refractivity contribution >= 4 is 23.0 Å². The predicted octanol–water partition coefficient (Wildman–Crippen LogP) is 7.11. The average Bonchev–Trinajstić information content (AvgIpc) is 2.86. The lowest BCUT2D eigenvalue weighted by atomic mass is 10.1. The van der Waals surface area contributed by atoms with Gasteiger partial charge in [-0.1, -0.05) is 12.1 Å². The van der Waals surface area contributed by atoms with Gasteiger partial charge in [0.25, 0.3) is 0 Å². The Morgan fingerprint density at radius 3 is 2.37 bits per heavy atom. The van der Waals surface area contributed by atoms with Crippen LogP contribution in [0, 0.1) is 0 Å². The summed E-state index contributed by atoms with van der Waals surface area (Å²) in [6.45, 7) is 1.10. The summed E-state index contributed by atoms with van der Waals surface area (Å²) < 4.78 is 63.5. The maximum atomic E-state index is 13.0. The average molecular weight is 498 g/mol. The van der Waals surface area contributed by atoms with E-state index in [-0.39, 0.29) is 18.7 Å². The summed E-state index contributed by atoms with van der Waals surface area (Å²) in [7, 11) is 0. The lowest BCUT2D eigenvalue weighted by Gasteiger charge is -2.31. The molecule has 0 saturated carbocycles. The number of anilines is 3. The summed E-state index contributed by atoms with van der Waals surface area (Å²) in [5, 5.41) is 6.20. The standard InChI is InChI=1S/C26H32F5N3O/c27-17-21(28)6-2-3-7-25(35)33-23-13-12-22(16-24(23)34-14-4-1-5-15-34)32-18-19-8-10-20(11-9-19)26(29,30)31/h8-13,16,21,32H,1-7,14-15,17-18H2,(H,33,35). The maximum Gasteiger partial charge on any atom is 0.416 e. The normalized spacial score (nSPS) is 15.1. The molecule has 4 nitrogen and oxygen atoms in total. The molecule has 1 aliphatic heterocycles. The van der Waals surface area contributed by atoms with Crippen molar-refractivity contribution < 1.29 is 26.7 Å². The van der Waals surface area contributed by atoms with Crippen molar-refractivity contribution in [1.29, 1.82) is 0 Å². The van der Waals surface area contributed by atoms with Crippen LogP contribution in [0.5, 0.6) is 0 Å². The Balaban J connectivity index is 1.64. The van der Waals surface area contributed by atoms with Crippen molar-refractivity contribution in [2.45, 2.75) is 63.8 Å². The number of unbranched alkanes of at least 4 members (excludes halogenated alkanes) is 1. The van der Waals surface area contributed by atoms with Gasteiger partial charge in [-0.2, -0.15) is 13.2 Å². The smallest absolute Gasteiger partial charge is 0.381 e. The molecule has 1 aliphatic rings. The summed E-state index contributed by atoms with van der Waals surface area (Å²) in [6, 6.07) is 10.6. The monoisotopic (exact) mass is 497 g/mol. The highest BCUT2D eigenvalue weighted by molar-refractivity contribution is 5.95. The van der Waals surface area contributed by atoms with Crippen LogP contribution < -0.4 is 15.5 Å². The first-order valence-electron chi connectivity index (χ1n) is 12.0. The van der Waals surface area contributed by atoms with E-state index < -0.39 is 24.6 Å². The van der Waals surface area contributed by atoms with Gasteiger partial charge >= 0.3 is 6.18 Å². The van der Waals surface area contributed by atoms with Gasteiger partial charge in [-0.05, 0) is 74.4 Å². The van der Waals surface area contributed by atoms with Crippen LogP contribution in [0.4, 0.5) is 39.0 Å². The lowest BCUT2D eigenvalue weighted by Crippen LogP contribution is -2.30. The van der Waals surface area contributed by atoms with Crippen LogP contribution in [0.1, 0.15) is 56.1 Å². The van der Waals surface area contributed by atoms with Gasteiger partial charge < -0.3 is 15.5 Å². The van der Waals surface area contributed by atoms with Gasteiger partial charge in [0.2, 0.25) is 5.91 Å². The van der Waals surface area contributed by atoms with Crippen molar-refractivity contribution in [3.8, 4) is 0 Å². The molecule has 2 aromatic rings. The van der Waals surface area contributed by atoms with Gasteiger partial charge in [-0.25, -0.2) is 8.78 Å². The quantitative estimate of drug-likeness (QED) is 0.257. The third-order valence-corrected chi connectivity index (χ3v) is 6.09. The number of hydrogen-bond donors (Lipinski definition) is 2. The first kappa shape index (κ1) is 26.8. The summed E-state index contributed by atoms with van der Waals surface area (Å²) in [6.07, 6.45) is -1.30. The number of piperidine rings is 1. The molecule has 1 unspecified atom stereocenters.